The lowest BCUT2D eigenvalue weighted by atomic mass is 9.94. The molecule has 2 saturated heterocycles. The van der Waals surface area contributed by atoms with Gasteiger partial charge >= 0.3 is 11.7 Å². The fourth-order valence-corrected chi connectivity index (χ4v) is 3.79. The van der Waals surface area contributed by atoms with Crippen molar-refractivity contribution in [2.24, 2.45) is 0 Å². The smallest absolute Gasteiger partial charge is 0.414 e. The molecule has 0 atom stereocenters. The molecule has 0 aliphatic carbocycles. The quantitative estimate of drug-likeness (QED) is 0.768. The number of hydrogen-bond donors (Lipinski definition) is 2. The van der Waals surface area contributed by atoms with Crippen LogP contribution < -0.4 is 21.2 Å². The third-order valence-electron chi connectivity index (χ3n) is 5.31. The third-order valence-corrected chi connectivity index (χ3v) is 5.31. The number of halogens is 1. The number of rotatable bonds is 4. The highest BCUT2D eigenvalue weighted by Crippen LogP contribution is 2.26. The number of cyclic esters (lactones) is 1. The molecule has 4 rings (SSSR count). The summed E-state index contributed by atoms with van der Waals surface area (Å²) in [6, 6.07) is 8.65. The van der Waals surface area contributed by atoms with Gasteiger partial charge in [-0.15, -0.1) is 12.4 Å². The summed E-state index contributed by atoms with van der Waals surface area (Å²) in [5.41, 5.74) is 1.05. The number of carbonyl (C=O) groups is 2. The van der Waals surface area contributed by atoms with Crippen molar-refractivity contribution < 1.29 is 18.7 Å². The summed E-state index contributed by atoms with van der Waals surface area (Å²) in [6.07, 6.45) is 1.39. The maximum atomic E-state index is 12.8. The van der Waals surface area contributed by atoms with Crippen molar-refractivity contribution >= 4 is 35.8 Å². The van der Waals surface area contributed by atoms with E-state index in [0.717, 1.165) is 25.9 Å². The number of benzene rings is 1. The SMILES string of the molecule is Cc1cc(C2CCNCC2)oc(=O)c1C(=O)Nc1cccc(N2CCOC2=O)c1.Cl. The molecule has 2 fully saturated rings. The molecule has 9 heteroatoms. The minimum Gasteiger partial charge on any atom is -0.447 e. The Morgan fingerprint density at radius 2 is 1.97 bits per heavy atom. The van der Waals surface area contributed by atoms with Gasteiger partial charge in [0.2, 0.25) is 0 Å². The van der Waals surface area contributed by atoms with Crippen molar-refractivity contribution in [2.75, 3.05) is 36.5 Å². The van der Waals surface area contributed by atoms with Gasteiger partial charge in [-0.3, -0.25) is 9.69 Å². The second kappa shape index (κ2) is 9.32. The second-order valence-corrected chi connectivity index (χ2v) is 7.29. The van der Waals surface area contributed by atoms with Crippen LogP contribution >= 0.6 is 12.4 Å². The van der Waals surface area contributed by atoms with E-state index in [1.807, 2.05) is 0 Å². The summed E-state index contributed by atoms with van der Waals surface area (Å²) < 4.78 is 10.4. The molecule has 2 aliphatic rings. The molecule has 0 spiro atoms. The van der Waals surface area contributed by atoms with Crippen LogP contribution in [0.1, 0.15) is 40.4 Å². The molecule has 2 aromatic rings. The van der Waals surface area contributed by atoms with E-state index in [9.17, 15) is 14.4 Å². The summed E-state index contributed by atoms with van der Waals surface area (Å²) >= 11 is 0. The second-order valence-electron chi connectivity index (χ2n) is 7.29. The number of nitrogens with zero attached hydrogens (tertiary/aromatic N) is 1. The van der Waals surface area contributed by atoms with Gasteiger partial charge < -0.3 is 19.8 Å². The molecule has 2 aliphatic heterocycles. The average molecular weight is 434 g/mol. The maximum absolute atomic E-state index is 12.8. The van der Waals surface area contributed by atoms with E-state index in [2.05, 4.69) is 10.6 Å². The first-order valence-electron chi connectivity index (χ1n) is 9.74. The molecular weight excluding hydrogens is 410 g/mol. The van der Waals surface area contributed by atoms with Crippen LogP contribution in [0.4, 0.5) is 16.2 Å². The zero-order valence-corrected chi connectivity index (χ0v) is 17.4. The van der Waals surface area contributed by atoms with Gasteiger partial charge in [0, 0.05) is 17.3 Å². The minimum absolute atomic E-state index is 0. The molecule has 160 valence electrons. The Hall–Kier alpha value is -2.84. The Balaban J connectivity index is 0.00000256. The summed E-state index contributed by atoms with van der Waals surface area (Å²) in [4.78, 5) is 38.5. The lowest BCUT2D eigenvalue weighted by Gasteiger charge is -2.22. The van der Waals surface area contributed by atoms with Crippen LogP contribution in [0, 0.1) is 6.92 Å². The fraction of sp³-hybridized carbons (Fsp3) is 0.381. The summed E-state index contributed by atoms with van der Waals surface area (Å²) in [6.45, 7) is 4.30. The van der Waals surface area contributed by atoms with Crippen LogP contribution in [0.15, 0.2) is 39.5 Å². The Morgan fingerprint density at radius 3 is 2.63 bits per heavy atom. The van der Waals surface area contributed by atoms with Crippen LogP contribution in [-0.2, 0) is 4.74 Å². The Morgan fingerprint density at radius 1 is 1.20 bits per heavy atom. The first kappa shape index (κ1) is 21.9. The van der Waals surface area contributed by atoms with Gasteiger partial charge in [-0.2, -0.15) is 0 Å². The molecule has 30 heavy (non-hydrogen) atoms. The van der Waals surface area contributed by atoms with Gasteiger partial charge in [0.05, 0.1) is 6.54 Å². The van der Waals surface area contributed by atoms with E-state index in [0.29, 0.717) is 35.9 Å². The number of ether oxygens (including phenoxy) is 1. The topological polar surface area (TPSA) is 101 Å². The van der Waals surface area contributed by atoms with E-state index in [1.165, 1.54) is 4.90 Å². The van der Waals surface area contributed by atoms with Crippen LogP contribution in [0.2, 0.25) is 0 Å². The maximum Gasteiger partial charge on any atom is 0.414 e. The van der Waals surface area contributed by atoms with Gasteiger partial charge in [0.15, 0.2) is 0 Å². The first-order chi connectivity index (χ1) is 14.0. The monoisotopic (exact) mass is 433 g/mol. The van der Waals surface area contributed by atoms with Gasteiger partial charge in [-0.25, -0.2) is 9.59 Å². The van der Waals surface area contributed by atoms with Gasteiger partial charge in [0.1, 0.15) is 17.9 Å². The normalized spacial score (nSPS) is 16.7. The number of hydrogen-bond acceptors (Lipinski definition) is 6. The van der Waals surface area contributed by atoms with Crippen LogP contribution in [0.25, 0.3) is 0 Å². The highest BCUT2D eigenvalue weighted by atomic mass is 35.5. The van der Waals surface area contributed by atoms with Gasteiger partial charge in [-0.05, 0) is 62.7 Å². The molecule has 0 radical (unpaired) electrons. The zero-order chi connectivity index (χ0) is 20.4. The molecule has 0 bridgehead atoms. The molecule has 1 aromatic heterocycles. The van der Waals surface area contributed by atoms with Crippen molar-refractivity contribution in [3.63, 3.8) is 0 Å². The van der Waals surface area contributed by atoms with Crippen molar-refractivity contribution in [3.05, 3.63) is 57.6 Å². The van der Waals surface area contributed by atoms with Gasteiger partial charge in [0.25, 0.3) is 5.91 Å². The largest absolute Gasteiger partial charge is 0.447 e. The number of aryl methyl sites for hydroxylation is 1. The standard InChI is InChI=1S/C21H23N3O5.ClH/c1-13-11-17(14-5-7-22-8-6-14)29-20(26)18(13)19(25)23-15-3-2-4-16(12-15)24-9-10-28-21(24)27;/h2-4,11-12,14,22H,5-10H2,1H3,(H,23,25);1H. The minimum atomic E-state index is -0.629. The first-order valence-corrected chi connectivity index (χ1v) is 9.74. The average Bonchev–Trinajstić information content (AvgIpc) is 3.14. The lowest BCUT2D eigenvalue weighted by Crippen LogP contribution is -2.28. The van der Waals surface area contributed by atoms with E-state index < -0.39 is 17.6 Å². The summed E-state index contributed by atoms with van der Waals surface area (Å²) in [5, 5.41) is 6.01. The number of anilines is 2. The zero-order valence-electron chi connectivity index (χ0n) is 16.6. The van der Waals surface area contributed by atoms with Crippen molar-refractivity contribution in [2.45, 2.75) is 25.7 Å². The molecule has 0 unspecified atom stereocenters. The predicted octanol–water partition coefficient (Wildman–Crippen LogP) is 3.05. The summed E-state index contributed by atoms with van der Waals surface area (Å²) in [5.74, 6) is 0.297. The number of nitrogens with one attached hydrogen (secondary N) is 2. The Labute approximate surface area is 180 Å². The van der Waals surface area contributed by atoms with E-state index >= 15 is 0 Å². The highest BCUT2D eigenvalue weighted by Gasteiger charge is 2.25. The molecule has 2 N–H and O–H groups in total. The van der Waals surface area contributed by atoms with E-state index in [1.54, 1.807) is 37.3 Å². The molecule has 8 nitrogen and oxygen atoms in total. The lowest BCUT2D eigenvalue weighted by molar-refractivity contribution is 0.102. The summed E-state index contributed by atoms with van der Waals surface area (Å²) in [7, 11) is 0. The Bertz CT molecular complexity index is 1000. The molecule has 1 aromatic carbocycles. The number of piperidine rings is 1. The van der Waals surface area contributed by atoms with Crippen molar-refractivity contribution in [3.8, 4) is 0 Å². The van der Waals surface area contributed by atoms with Crippen LogP contribution in [0.5, 0.6) is 0 Å². The van der Waals surface area contributed by atoms with E-state index in [4.69, 9.17) is 9.15 Å². The molecule has 3 heterocycles. The highest BCUT2D eigenvalue weighted by molar-refractivity contribution is 6.05. The third kappa shape index (κ3) is 4.49. The Kier molecular flexibility index (Phi) is 6.79. The molecular formula is C21H24ClN3O5. The van der Waals surface area contributed by atoms with Crippen LogP contribution in [-0.4, -0.2) is 38.2 Å². The van der Waals surface area contributed by atoms with E-state index in [-0.39, 0.29) is 23.9 Å². The number of amides is 2. The van der Waals surface area contributed by atoms with Crippen molar-refractivity contribution in [1.29, 1.82) is 0 Å². The van der Waals surface area contributed by atoms with Gasteiger partial charge in [-0.1, -0.05) is 6.07 Å². The predicted molar refractivity (Wildman–Crippen MR) is 115 cm³/mol. The molecule has 0 saturated carbocycles. The van der Waals surface area contributed by atoms with Crippen molar-refractivity contribution in [1.82, 2.24) is 5.32 Å². The fourth-order valence-electron chi connectivity index (χ4n) is 3.79. The van der Waals surface area contributed by atoms with Crippen LogP contribution in [0.3, 0.4) is 0 Å². The molecule has 2 amide bonds. The number of carbonyl (C=O) groups excluding carboxylic acids is 2.